The van der Waals surface area contributed by atoms with Crippen LogP contribution in [0.3, 0.4) is 0 Å². The summed E-state index contributed by atoms with van der Waals surface area (Å²) < 4.78 is 174. The lowest BCUT2D eigenvalue weighted by atomic mass is 9.43. The van der Waals surface area contributed by atoms with E-state index < -0.39 is 52.5 Å². The fourth-order valence-electron chi connectivity index (χ4n) is 18.5. The molecule has 28 rings (SSSR count). The Kier molecular flexibility index (Phi) is 19.4. The summed E-state index contributed by atoms with van der Waals surface area (Å²) in [6.45, 7) is 10.9. The lowest BCUT2D eigenvalue weighted by Gasteiger charge is -2.65. The molecule has 8 saturated carbocycles. The second-order valence-corrected chi connectivity index (χ2v) is 40.1. The normalized spacial score (nSPS) is 48.7. The van der Waals surface area contributed by atoms with Crippen LogP contribution in [-0.4, -0.2) is 138 Å². The highest BCUT2D eigenvalue weighted by molar-refractivity contribution is 7.50. The molecule has 0 amide bonds. The summed E-state index contributed by atoms with van der Waals surface area (Å²) in [7, 11) is -17.4. The van der Waals surface area contributed by atoms with E-state index in [1.54, 1.807) is 7.11 Å². The molecular formula is C63H92O26P6. The van der Waals surface area contributed by atoms with E-state index in [4.69, 9.17) is 90.9 Å². The summed E-state index contributed by atoms with van der Waals surface area (Å²) in [5.74, 6) is 5.09. The molecule has 18 heterocycles. The van der Waals surface area contributed by atoms with Crippen molar-refractivity contribution in [2.75, 3.05) is 133 Å². The minimum atomic E-state index is -3.24. The molecule has 26 nitrogen and oxygen atoms in total. The average Bonchev–Trinajstić information content (AvgIpc) is 0.703. The van der Waals surface area contributed by atoms with Crippen molar-refractivity contribution in [3.63, 3.8) is 0 Å². The van der Waals surface area contributed by atoms with E-state index in [1.165, 1.54) is 109 Å². The van der Waals surface area contributed by atoms with Gasteiger partial charge in [0.1, 0.15) is 11.4 Å². The Balaban J connectivity index is 0.0000000943. The minimum Gasteiger partial charge on any atom is -0.497 e. The van der Waals surface area contributed by atoms with Crippen LogP contribution in [0.1, 0.15) is 127 Å². The van der Waals surface area contributed by atoms with Gasteiger partial charge in [-0.1, -0.05) is 61.7 Å². The van der Waals surface area contributed by atoms with Crippen molar-refractivity contribution in [3.05, 3.63) is 65.7 Å². The van der Waals surface area contributed by atoms with Gasteiger partial charge in [0.2, 0.25) is 0 Å². The van der Waals surface area contributed by atoms with E-state index in [-0.39, 0.29) is 27.1 Å². The highest BCUT2D eigenvalue weighted by Gasteiger charge is 2.67. The van der Waals surface area contributed by atoms with Crippen LogP contribution in [0.25, 0.3) is 0 Å². The van der Waals surface area contributed by atoms with Crippen molar-refractivity contribution in [1.82, 2.24) is 0 Å². The minimum absolute atomic E-state index is 0.00736. The van der Waals surface area contributed by atoms with Crippen molar-refractivity contribution in [3.8, 4) is 5.75 Å². The van der Waals surface area contributed by atoms with Crippen LogP contribution in [0.2, 0.25) is 0 Å². The molecule has 95 heavy (non-hydrogen) atoms. The molecule has 32 heteroatoms. The number of phosphoric acid groups is 6. The largest absolute Gasteiger partial charge is 0.497 e. The molecule has 2 aromatic carbocycles. The maximum Gasteiger partial charge on any atom is 0.475 e. The standard InChI is InChI=1S/C14H21O4P.C12H19O4P.C11H13O5P.C10H17O4P.C10H11O4P.C6H11O5P/c15-19-16-7-14(8-17-19,9-18-19)13-4-10-1-11(5-13)3-12(2-10)6-13;13-17-14-7-12(8-15-17,9-16-17)11-4-1-10(2-5-11)3-6-11;1-13-10-4-2-3-9(5-10)11-6-14-17(12,15-7-11)16-8-11;2*11-15-12-6-10(7-13-15,8-14-15)9-4-2-1-3-5-9;1-2-8-6-3-9-12(7,10-4-6)11-5-6/h10-12H,1-9H2;10H,1-9H2;2-5H,6-8H2,1H3;9H,1-8H2;1-5H,6-8H2;2-5H2,1H3. The molecule has 0 unspecified atom stereocenters. The van der Waals surface area contributed by atoms with Crippen molar-refractivity contribution in [2.24, 2.45) is 56.7 Å². The van der Waals surface area contributed by atoms with Gasteiger partial charge in [0.25, 0.3) is 0 Å². The van der Waals surface area contributed by atoms with Crippen molar-refractivity contribution in [2.45, 2.75) is 133 Å². The molecule has 8 aliphatic carbocycles. The van der Waals surface area contributed by atoms with Gasteiger partial charge in [0, 0.05) is 22.9 Å². The highest BCUT2D eigenvalue weighted by atomic mass is 31.2. The third-order valence-corrected chi connectivity index (χ3v) is 32.4. The smallest absolute Gasteiger partial charge is 0.475 e. The number of rotatable bonds is 8. The quantitative estimate of drug-likeness (QED) is 0.222. The van der Waals surface area contributed by atoms with E-state index in [0.29, 0.717) is 142 Å². The SMILES string of the molecule is CCOC12COP(=O)(OC1)OC2.COc1cccc(C23COP(=O)(OC2)OC3)c1.O=P12OCC(C34CC5CC(CC(C5)C3)C4)(CO1)CO2.O=P12OCC(C34CCC(CC3)CC4)(CO1)CO2.O=P12OCC(C3CCCCC3)(CO1)CO2.O=P12OCC(c3ccccc3)(CO1)CO2. The number of ether oxygens (including phenoxy) is 2. The molecule has 0 aromatic heterocycles. The van der Waals surface area contributed by atoms with Crippen LogP contribution in [0.5, 0.6) is 5.75 Å². The Bertz CT molecular complexity index is 3170. The first kappa shape index (κ1) is 69.6. The number of hydrogen-bond donors (Lipinski definition) is 0. The first-order chi connectivity index (χ1) is 45.6. The Morgan fingerprint density at radius 3 is 1.14 bits per heavy atom. The molecule has 18 aliphatic heterocycles. The number of benzene rings is 2. The van der Waals surface area contributed by atoms with Gasteiger partial charge < -0.3 is 9.47 Å². The van der Waals surface area contributed by atoms with Crippen LogP contribution in [0, 0.1) is 56.7 Å². The molecule has 0 spiro atoms. The maximum atomic E-state index is 11.9. The third kappa shape index (κ3) is 13.5. The van der Waals surface area contributed by atoms with E-state index in [1.807, 2.05) is 61.5 Å². The van der Waals surface area contributed by atoms with Crippen LogP contribution >= 0.6 is 46.9 Å². The molecule has 2 aromatic rings. The molecule has 26 aliphatic rings. The van der Waals surface area contributed by atoms with Gasteiger partial charge in [-0.25, -0.2) is 27.4 Å². The first-order valence-electron chi connectivity index (χ1n) is 34.1. The Morgan fingerprint density at radius 1 is 0.379 bits per heavy atom. The number of fused-ring (bicyclic) bond motifs is 21. The van der Waals surface area contributed by atoms with Crippen LogP contribution in [-0.2, 0) is 124 Å². The first-order valence-corrected chi connectivity index (χ1v) is 42.9. The predicted molar refractivity (Wildman–Crippen MR) is 338 cm³/mol. The van der Waals surface area contributed by atoms with Crippen LogP contribution in [0.4, 0.5) is 0 Å². The molecule has 0 N–H and O–H groups in total. The van der Waals surface area contributed by atoms with E-state index >= 15 is 0 Å². The van der Waals surface area contributed by atoms with Crippen LogP contribution in [0.15, 0.2) is 54.6 Å². The zero-order valence-corrected chi connectivity index (χ0v) is 59.7. The lowest BCUT2D eigenvalue weighted by Crippen LogP contribution is -2.62. The molecule has 0 radical (unpaired) electrons. The topological polar surface area (TPSA) is 287 Å². The molecular weight excluding hydrogens is 1360 g/mol. The van der Waals surface area contributed by atoms with Gasteiger partial charge in [-0.2, -0.15) is 0 Å². The third-order valence-electron chi connectivity index (χ3n) is 24.3. The average molecular weight is 1450 g/mol. The summed E-state index contributed by atoms with van der Waals surface area (Å²) in [5, 5.41) is 0. The predicted octanol–water partition coefficient (Wildman–Crippen LogP) is 14.4. The van der Waals surface area contributed by atoms with Gasteiger partial charge in [-0.3, -0.25) is 81.4 Å². The molecule has 0 atom stereocenters. The Morgan fingerprint density at radius 2 is 0.737 bits per heavy atom. The monoisotopic (exact) mass is 1450 g/mol. The lowest BCUT2D eigenvalue weighted by molar-refractivity contribution is -0.212. The van der Waals surface area contributed by atoms with Crippen LogP contribution < -0.4 is 4.74 Å². The summed E-state index contributed by atoms with van der Waals surface area (Å²) in [4.78, 5) is 0. The highest BCUT2D eigenvalue weighted by Crippen LogP contribution is 2.73. The summed E-state index contributed by atoms with van der Waals surface area (Å²) in [5.41, 5.74) is 1.56. The van der Waals surface area contributed by atoms with Crippen molar-refractivity contribution in [1.29, 1.82) is 0 Å². The fraction of sp³-hybridized carbons (Fsp3) is 0.810. The van der Waals surface area contributed by atoms with Crippen molar-refractivity contribution >= 4 is 46.9 Å². The molecule has 530 valence electrons. The van der Waals surface area contributed by atoms with Gasteiger partial charge in [-0.15, -0.1) is 0 Å². The fourth-order valence-corrected chi connectivity index (χ4v) is 27.2. The van der Waals surface area contributed by atoms with Gasteiger partial charge in [0.05, 0.1) is 137 Å². The summed E-state index contributed by atoms with van der Waals surface area (Å²) in [6, 6.07) is 17.6. The van der Waals surface area contributed by atoms with Crippen molar-refractivity contribution < 1.29 is 118 Å². The zero-order chi connectivity index (χ0) is 65.6. The number of phosphoric ester groups is 6. The number of methoxy groups -OCH3 is 1. The molecule has 18 saturated heterocycles. The zero-order valence-electron chi connectivity index (χ0n) is 54.3. The van der Waals surface area contributed by atoms with Gasteiger partial charge in [-0.05, 0) is 160 Å². The van der Waals surface area contributed by atoms with E-state index in [0.717, 1.165) is 40.5 Å². The molecule has 18 bridgehead atoms. The second-order valence-electron chi connectivity index (χ2n) is 30.1. The van der Waals surface area contributed by atoms with Gasteiger partial charge in [0.15, 0.2) is 0 Å². The second kappa shape index (κ2) is 26.5. The van der Waals surface area contributed by atoms with Gasteiger partial charge >= 0.3 is 46.9 Å². The van der Waals surface area contributed by atoms with E-state index in [2.05, 4.69) is 0 Å². The summed E-state index contributed by atoms with van der Waals surface area (Å²) >= 11 is 0. The number of hydrogen-bond acceptors (Lipinski definition) is 26. The Hall–Kier alpha value is -1.14. The molecule has 26 fully saturated rings. The summed E-state index contributed by atoms with van der Waals surface area (Å²) in [6.07, 6.45) is 22.6. The Labute approximate surface area is 556 Å². The maximum absolute atomic E-state index is 11.9. The van der Waals surface area contributed by atoms with E-state index in [9.17, 15) is 27.4 Å².